The standard InChI is InChI=1S/C13H18FN3O3S/c1-3-10-13(18)16-4-5-17(10)21(19,20)11-7-9(15)6-8(2)12(11)14/h6-7,10H,3-5,15H2,1-2H3,(H,16,18). The van der Waals surface area contributed by atoms with Gasteiger partial charge < -0.3 is 11.1 Å². The lowest BCUT2D eigenvalue weighted by molar-refractivity contribution is -0.126. The lowest BCUT2D eigenvalue weighted by Gasteiger charge is -2.33. The van der Waals surface area contributed by atoms with Gasteiger partial charge in [-0.25, -0.2) is 12.8 Å². The van der Waals surface area contributed by atoms with Gasteiger partial charge in [-0.2, -0.15) is 4.31 Å². The van der Waals surface area contributed by atoms with E-state index in [0.717, 1.165) is 10.4 Å². The number of aryl methyl sites for hydroxylation is 1. The summed E-state index contributed by atoms with van der Waals surface area (Å²) >= 11 is 0. The van der Waals surface area contributed by atoms with Crippen LogP contribution >= 0.6 is 0 Å². The van der Waals surface area contributed by atoms with Gasteiger partial charge in [0.05, 0.1) is 0 Å². The summed E-state index contributed by atoms with van der Waals surface area (Å²) in [5, 5.41) is 2.61. The predicted molar refractivity (Wildman–Crippen MR) is 76.5 cm³/mol. The molecule has 0 aromatic heterocycles. The molecule has 1 amide bonds. The van der Waals surface area contributed by atoms with Gasteiger partial charge in [-0.15, -0.1) is 0 Å². The van der Waals surface area contributed by atoms with Crippen LogP contribution in [0.3, 0.4) is 0 Å². The lowest BCUT2D eigenvalue weighted by atomic mass is 10.2. The van der Waals surface area contributed by atoms with Crippen molar-refractivity contribution >= 4 is 21.6 Å². The third kappa shape index (κ3) is 2.73. The molecule has 0 bridgehead atoms. The third-order valence-electron chi connectivity index (χ3n) is 3.50. The van der Waals surface area contributed by atoms with Crippen LogP contribution in [0.5, 0.6) is 0 Å². The molecule has 1 aliphatic heterocycles. The number of hydrogen-bond donors (Lipinski definition) is 2. The van der Waals surface area contributed by atoms with E-state index in [4.69, 9.17) is 5.73 Å². The summed E-state index contributed by atoms with van der Waals surface area (Å²) in [6, 6.07) is 1.63. The van der Waals surface area contributed by atoms with E-state index in [1.807, 2.05) is 0 Å². The number of hydrogen-bond acceptors (Lipinski definition) is 4. The number of nitrogens with one attached hydrogen (secondary N) is 1. The minimum absolute atomic E-state index is 0.111. The first-order valence-electron chi connectivity index (χ1n) is 6.64. The Bertz CT molecular complexity index is 675. The fourth-order valence-corrected chi connectivity index (χ4v) is 4.29. The van der Waals surface area contributed by atoms with E-state index >= 15 is 0 Å². The Morgan fingerprint density at radius 3 is 2.76 bits per heavy atom. The van der Waals surface area contributed by atoms with Crippen LogP contribution in [0.2, 0.25) is 0 Å². The molecule has 1 aromatic rings. The van der Waals surface area contributed by atoms with Gasteiger partial charge >= 0.3 is 0 Å². The number of amides is 1. The van der Waals surface area contributed by atoms with Crippen molar-refractivity contribution in [2.45, 2.75) is 31.2 Å². The maximum Gasteiger partial charge on any atom is 0.246 e. The van der Waals surface area contributed by atoms with Crippen molar-refractivity contribution in [1.29, 1.82) is 0 Å². The average Bonchev–Trinajstić information content (AvgIpc) is 2.42. The highest BCUT2D eigenvalue weighted by Crippen LogP contribution is 2.27. The molecule has 116 valence electrons. The number of benzene rings is 1. The monoisotopic (exact) mass is 315 g/mol. The number of carbonyl (C=O) groups excluding carboxylic acids is 1. The Morgan fingerprint density at radius 1 is 1.48 bits per heavy atom. The molecule has 1 heterocycles. The van der Waals surface area contributed by atoms with Gasteiger partial charge in [-0.1, -0.05) is 6.92 Å². The van der Waals surface area contributed by atoms with E-state index in [1.165, 1.54) is 13.0 Å². The van der Waals surface area contributed by atoms with E-state index in [1.54, 1.807) is 6.92 Å². The molecular weight excluding hydrogens is 297 g/mol. The van der Waals surface area contributed by atoms with Crippen LogP contribution in [0.1, 0.15) is 18.9 Å². The van der Waals surface area contributed by atoms with Crippen molar-refractivity contribution in [3.8, 4) is 0 Å². The van der Waals surface area contributed by atoms with Crippen LogP contribution in [0, 0.1) is 12.7 Å². The molecule has 21 heavy (non-hydrogen) atoms. The molecule has 0 aliphatic carbocycles. The molecular formula is C13H18FN3O3S. The van der Waals surface area contributed by atoms with Crippen LogP contribution in [0.25, 0.3) is 0 Å². The van der Waals surface area contributed by atoms with Gasteiger partial charge in [-0.05, 0) is 31.0 Å². The Hall–Kier alpha value is -1.67. The van der Waals surface area contributed by atoms with Crippen molar-refractivity contribution in [3.05, 3.63) is 23.5 Å². The van der Waals surface area contributed by atoms with Crippen molar-refractivity contribution < 1.29 is 17.6 Å². The van der Waals surface area contributed by atoms with E-state index < -0.39 is 26.8 Å². The molecule has 0 spiro atoms. The summed E-state index contributed by atoms with van der Waals surface area (Å²) in [5.74, 6) is -1.20. The van der Waals surface area contributed by atoms with Crippen LogP contribution in [0.4, 0.5) is 10.1 Å². The first-order chi connectivity index (χ1) is 9.78. The molecule has 6 nitrogen and oxygen atoms in total. The van der Waals surface area contributed by atoms with Gasteiger partial charge in [0, 0.05) is 18.8 Å². The summed E-state index contributed by atoms with van der Waals surface area (Å²) in [7, 11) is -4.11. The summed E-state index contributed by atoms with van der Waals surface area (Å²) < 4.78 is 40.6. The van der Waals surface area contributed by atoms with Crippen molar-refractivity contribution in [1.82, 2.24) is 9.62 Å². The lowest BCUT2D eigenvalue weighted by Crippen LogP contribution is -2.56. The summed E-state index contributed by atoms with van der Waals surface area (Å²) in [6.45, 7) is 3.47. The van der Waals surface area contributed by atoms with Crippen molar-refractivity contribution in [2.24, 2.45) is 0 Å². The number of halogens is 1. The zero-order valence-electron chi connectivity index (χ0n) is 11.9. The average molecular weight is 315 g/mol. The SMILES string of the molecule is CCC1C(=O)NCCN1S(=O)(=O)c1cc(N)cc(C)c1F. The minimum atomic E-state index is -4.11. The Balaban J connectivity index is 2.54. The number of sulfonamides is 1. The number of rotatable bonds is 3. The van der Waals surface area contributed by atoms with Crippen LogP contribution < -0.4 is 11.1 Å². The Labute approximate surface area is 123 Å². The van der Waals surface area contributed by atoms with Crippen molar-refractivity contribution in [3.63, 3.8) is 0 Å². The van der Waals surface area contributed by atoms with Gasteiger partial charge in [0.2, 0.25) is 15.9 Å². The number of carbonyl (C=O) groups is 1. The second kappa shape index (κ2) is 5.61. The molecule has 8 heteroatoms. The van der Waals surface area contributed by atoms with Crippen LogP contribution in [-0.4, -0.2) is 37.8 Å². The van der Waals surface area contributed by atoms with Gasteiger partial charge in [0.15, 0.2) is 0 Å². The van der Waals surface area contributed by atoms with E-state index in [2.05, 4.69) is 5.32 Å². The van der Waals surface area contributed by atoms with E-state index in [9.17, 15) is 17.6 Å². The molecule has 1 atom stereocenters. The second-order valence-corrected chi connectivity index (χ2v) is 6.84. The zero-order chi connectivity index (χ0) is 15.8. The maximum atomic E-state index is 14.2. The molecule has 3 N–H and O–H groups in total. The quantitative estimate of drug-likeness (QED) is 0.800. The van der Waals surface area contributed by atoms with Crippen molar-refractivity contribution in [2.75, 3.05) is 18.8 Å². The molecule has 0 radical (unpaired) electrons. The second-order valence-electron chi connectivity index (χ2n) is 4.98. The fourth-order valence-electron chi connectivity index (χ4n) is 2.45. The highest BCUT2D eigenvalue weighted by Gasteiger charge is 2.38. The largest absolute Gasteiger partial charge is 0.399 e. The summed E-state index contributed by atoms with van der Waals surface area (Å²) in [4.78, 5) is 11.3. The molecule has 0 saturated carbocycles. The number of anilines is 1. The topological polar surface area (TPSA) is 92.5 Å². The third-order valence-corrected chi connectivity index (χ3v) is 5.41. The predicted octanol–water partition coefficient (Wildman–Crippen LogP) is 0.615. The number of nitrogens with zero attached hydrogens (tertiary/aromatic N) is 1. The molecule has 1 aliphatic rings. The molecule has 1 saturated heterocycles. The first-order valence-corrected chi connectivity index (χ1v) is 8.08. The summed E-state index contributed by atoms with van der Waals surface area (Å²) in [5.41, 5.74) is 5.94. The van der Waals surface area contributed by atoms with Crippen LogP contribution in [0.15, 0.2) is 17.0 Å². The van der Waals surface area contributed by atoms with E-state index in [0.29, 0.717) is 6.42 Å². The first kappa shape index (κ1) is 15.7. The number of nitrogen functional groups attached to an aromatic ring is 1. The fraction of sp³-hybridized carbons (Fsp3) is 0.462. The van der Waals surface area contributed by atoms with Gasteiger partial charge in [0.25, 0.3) is 0 Å². The Kier molecular flexibility index (Phi) is 4.20. The molecule has 1 aromatic carbocycles. The van der Waals surface area contributed by atoms with Gasteiger partial charge in [-0.3, -0.25) is 4.79 Å². The normalized spacial score (nSPS) is 20.3. The number of nitrogens with two attached hydrogens (primary N) is 1. The Morgan fingerprint density at radius 2 is 2.14 bits per heavy atom. The zero-order valence-corrected chi connectivity index (χ0v) is 12.7. The maximum absolute atomic E-state index is 14.2. The smallest absolute Gasteiger partial charge is 0.246 e. The molecule has 2 rings (SSSR count). The molecule has 1 unspecified atom stereocenters. The molecule has 1 fully saturated rings. The van der Waals surface area contributed by atoms with Crippen LogP contribution in [-0.2, 0) is 14.8 Å². The number of piperazine rings is 1. The highest BCUT2D eigenvalue weighted by molar-refractivity contribution is 7.89. The summed E-state index contributed by atoms with van der Waals surface area (Å²) in [6.07, 6.45) is 0.313. The minimum Gasteiger partial charge on any atom is -0.399 e. The van der Waals surface area contributed by atoms with E-state index in [-0.39, 0.29) is 30.2 Å². The van der Waals surface area contributed by atoms with Gasteiger partial charge in [0.1, 0.15) is 16.8 Å². The highest BCUT2D eigenvalue weighted by atomic mass is 32.2.